The fraction of sp³-hybridized carbons (Fsp3) is 0.556. The Morgan fingerprint density at radius 2 is 1.91 bits per heavy atom. The number of aliphatic hydroxyl groups is 1. The zero-order valence-corrected chi connectivity index (χ0v) is 13.9. The van der Waals surface area contributed by atoms with Crippen molar-refractivity contribution in [3.8, 4) is 0 Å². The molecule has 23 heavy (non-hydrogen) atoms. The van der Waals surface area contributed by atoms with Crippen molar-refractivity contribution in [2.24, 2.45) is 0 Å². The van der Waals surface area contributed by atoms with Gasteiger partial charge in [-0.15, -0.1) is 0 Å². The number of hydrogen-bond donors (Lipinski definition) is 1. The first kappa shape index (κ1) is 18.0. The molecule has 0 radical (unpaired) electrons. The summed E-state index contributed by atoms with van der Waals surface area (Å²) >= 11 is 0. The summed E-state index contributed by atoms with van der Waals surface area (Å²) in [5, 5.41) is 9.30. The average molecular weight is 324 g/mol. The monoisotopic (exact) mass is 324 g/mol. The fourth-order valence-electron chi connectivity index (χ4n) is 3.02. The number of benzene rings is 1. The van der Waals surface area contributed by atoms with Crippen molar-refractivity contribution in [3.63, 3.8) is 0 Å². The van der Waals surface area contributed by atoms with Gasteiger partial charge in [-0.25, -0.2) is 8.78 Å². The molecule has 1 fully saturated rings. The number of allylic oxidation sites excluding steroid dienone is 1. The van der Waals surface area contributed by atoms with Crippen molar-refractivity contribution in [3.05, 3.63) is 47.0 Å². The Bertz CT molecular complexity index is 524. The molecule has 0 aromatic heterocycles. The van der Waals surface area contributed by atoms with Crippen LogP contribution >= 0.6 is 0 Å². The summed E-state index contributed by atoms with van der Waals surface area (Å²) < 4.78 is 26.6. The average Bonchev–Trinajstić information content (AvgIpc) is 2.45. The summed E-state index contributed by atoms with van der Waals surface area (Å²) in [5.74, 6) is -1.07. The van der Waals surface area contributed by atoms with E-state index >= 15 is 0 Å². The van der Waals surface area contributed by atoms with Crippen molar-refractivity contribution in [1.29, 1.82) is 0 Å². The lowest BCUT2D eigenvalue weighted by Gasteiger charge is -2.41. The first-order valence-electron chi connectivity index (χ1n) is 8.13. The van der Waals surface area contributed by atoms with Gasteiger partial charge in [0.25, 0.3) is 0 Å². The third-order valence-corrected chi connectivity index (χ3v) is 4.21. The van der Waals surface area contributed by atoms with E-state index in [9.17, 15) is 13.9 Å². The molecule has 1 heterocycles. The van der Waals surface area contributed by atoms with Gasteiger partial charge in [-0.1, -0.05) is 11.6 Å². The maximum Gasteiger partial charge on any atom is 0.126 e. The molecule has 0 unspecified atom stereocenters. The Kier molecular flexibility index (Phi) is 6.69. The van der Waals surface area contributed by atoms with Gasteiger partial charge in [-0.2, -0.15) is 0 Å². The van der Waals surface area contributed by atoms with E-state index in [1.165, 1.54) is 17.7 Å². The van der Waals surface area contributed by atoms with Crippen LogP contribution in [-0.2, 0) is 6.54 Å². The predicted octanol–water partition coefficient (Wildman–Crippen LogP) is 2.80. The van der Waals surface area contributed by atoms with Crippen LogP contribution in [0.4, 0.5) is 8.78 Å². The van der Waals surface area contributed by atoms with Crippen LogP contribution in [0, 0.1) is 11.6 Å². The summed E-state index contributed by atoms with van der Waals surface area (Å²) in [4.78, 5) is 4.57. The third kappa shape index (κ3) is 5.68. The topological polar surface area (TPSA) is 26.7 Å². The SMILES string of the molecule is CC(C)=CCN1CCN(Cc2cc(F)cc(F)c2)C[C@H]1CCO. The second-order valence-electron chi connectivity index (χ2n) is 6.46. The quantitative estimate of drug-likeness (QED) is 0.815. The highest BCUT2D eigenvalue weighted by molar-refractivity contribution is 5.18. The summed E-state index contributed by atoms with van der Waals surface area (Å²) in [6.07, 6.45) is 2.91. The highest BCUT2D eigenvalue weighted by atomic mass is 19.1. The lowest BCUT2D eigenvalue weighted by atomic mass is 10.1. The molecule has 1 N–H and O–H groups in total. The van der Waals surface area contributed by atoms with Gasteiger partial charge < -0.3 is 5.11 Å². The van der Waals surface area contributed by atoms with Gasteiger partial charge in [0.05, 0.1) is 0 Å². The molecular weight excluding hydrogens is 298 g/mol. The largest absolute Gasteiger partial charge is 0.396 e. The van der Waals surface area contributed by atoms with Crippen LogP contribution in [0.2, 0.25) is 0 Å². The molecule has 1 aromatic rings. The van der Waals surface area contributed by atoms with Crippen molar-refractivity contribution in [2.45, 2.75) is 32.9 Å². The molecular formula is C18H26F2N2O. The number of rotatable bonds is 6. The van der Waals surface area contributed by atoms with E-state index in [2.05, 4.69) is 29.7 Å². The summed E-state index contributed by atoms with van der Waals surface area (Å²) in [5.41, 5.74) is 1.94. The minimum atomic E-state index is -0.533. The lowest BCUT2D eigenvalue weighted by molar-refractivity contribution is 0.0636. The van der Waals surface area contributed by atoms with Gasteiger partial charge >= 0.3 is 0 Å². The van der Waals surface area contributed by atoms with Crippen LogP contribution in [0.5, 0.6) is 0 Å². The van der Waals surface area contributed by atoms with Crippen molar-refractivity contribution < 1.29 is 13.9 Å². The highest BCUT2D eigenvalue weighted by Crippen LogP contribution is 2.17. The molecule has 1 saturated heterocycles. The van der Waals surface area contributed by atoms with E-state index < -0.39 is 11.6 Å². The minimum Gasteiger partial charge on any atom is -0.396 e. The summed E-state index contributed by atoms with van der Waals surface area (Å²) in [6, 6.07) is 3.94. The summed E-state index contributed by atoms with van der Waals surface area (Å²) in [6.45, 7) is 8.28. The molecule has 1 aliphatic heterocycles. The van der Waals surface area contributed by atoms with Crippen molar-refractivity contribution in [2.75, 3.05) is 32.8 Å². The molecule has 2 rings (SSSR count). The molecule has 0 saturated carbocycles. The Morgan fingerprint density at radius 1 is 1.22 bits per heavy atom. The Balaban J connectivity index is 1.99. The van der Waals surface area contributed by atoms with Gasteiger partial charge in [-0.3, -0.25) is 9.80 Å². The molecule has 0 amide bonds. The van der Waals surface area contributed by atoms with E-state index in [-0.39, 0.29) is 12.6 Å². The Hall–Kier alpha value is -1.30. The van der Waals surface area contributed by atoms with E-state index in [1.54, 1.807) is 0 Å². The van der Waals surface area contributed by atoms with Gasteiger partial charge in [0, 0.05) is 51.4 Å². The maximum absolute atomic E-state index is 13.3. The Morgan fingerprint density at radius 3 is 2.52 bits per heavy atom. The minimum absolute atomic E-state index is 0.151. The molecule has 128 valence electrons. The van der Waals surface area contributed by atoms with Crippen LogP contribution in [0.3, 0.4) is 0 Å². The fourth-order valence-corrected chi connectivity index (χ4v) is 3.02. The number of hydrogen-bond acceptors (Lipinski definition) is 3. The van der Waals surface area contributed by atoms with Gasteiger partial charge in [0.15, 0.2) is 0 Å². The third-order valence-electron chi connectivity index (χ3n) is 4.21. The van der Waals surface area contributed by atoms with Crippen molar-refractivity contribution >= 4 is 0 Å². The molecule has 3 nitrogen and oxygen atoms in total. The van der Waals surface area contributed by atoms with Crippen LogP contribution in [0.15, 0.2) is 29.8 Å². The molecule has 0 bridgehead atoms. The maximum atomic E-state index is 13.3. The van der Waals surface area contributed by atoms with Crippen molar-refractivity contribution in [1.82, 2.24) is 9.80 Å². The number of halogens is 2. The zero-order valence-electron chi connectivity index (χ0n) is 13.9. The van der Waals surface area contributed by atoms with Gasteiger partial charge in [-0.05, 0) is 38.0 Å². The van der Waals surface area contributed by atoms with E-state index in [1.807, 2.05) is 0 Å². The Labute approximate surface area is 137 Å². The first-order chi connectivity index (χ1) is 11.0. The number of piperazine rings is 1. The number of aliphatic hydroxyl groups excluding tert-OH is 1. The van der Waals surface area contributed by atoms with Gasteiger partial charge in [0.1, 0.15) is 11.6 Å². The molecule has 1 aliphatic rings. The molecule has 0 spiro atoms. The number of nitrogens with zero attached hydrogens (tertiary/aromatic N) is 2. The van der Waals surface area contributed by atoms with E-state index in [0.717, 1.165) is 32.2 Å². The predicted molar refractivity (Wildman–Crippen MR) is 88.1 cm³/mol. The molecule has 0 aliphatic carbocycles. The van der Waals surface area contributed by atoms with E-state index in [0.29, 0.717) is 18.5 Å². The first-order valence-corrected chi connectivity index (χ1v) is 8.13. The highest BCUT2D eigenvalue weighted by Gasteiger charge is 2.26. The van der Waals surface area contributed by atoms with Crippen LogP contribution in [-0.4, -0.2) is 53.7 Å². The van der Waals surface area contributed by atoms with Gasteiger partial charge in [0.2, 0.25) is 0 Å². The lowest BCUT2D eigenvalue weighted by Crippen LogP contribution is -2.53. The molecule has 1 atom stereocenters. The molecule has 5 heteroatoms. The van der Waals surface area contributed by atoms with Crippen LogP contribution in [0.25, 0.3) is 0 Å². The smallest absolute Gasteiger partial charge is 0.126 e. The van der Waals surface area contributed by atoms with Crippen LogP contribution < -0.4 is 0 Å². The second-order valence-corrected chi connectivity index (χ2v) is 6.46. The summed E-state index contributed by atoms with van der Waals surface area (Å²) in [7, 11) is 0. The normalized spacial score (nSPS) is 19.8. The van der Waals surface area contributed by atoms with Crippen LogP contribution in [0.1, 0.15) is 25.8 Å². The standard InChI is InChI=1S/C18H26F2N2O/c1-14(2)3-5-22-7-6-21(13-18(22)4-8-23)12-15-9-16(19)11-17(20)10-15/h3,9-11,18,23H,4-8,12-13H2,1-2H3/t18-/m1/s1. The second kappa shape index (κ2) is 8.52. The molecule has 1 aromatic carbocycles. The van der Waals surface area contributed by atoms with E-state index in [4.69, 9.17) is 0 Å². The zero-order chi connectivity index (χ0) is 16.8.